The summed E-state index contributed by atoms with van der Waals surface area (Å²) >= 11 is 0. The number of aromatic nitrogens is 4. The standard InChI is InChI=1S/C25H32FN7O/c1-2-33-30-24(29-31-33)21-7-3-8-23(17-21)28-25(34)27-13-5-15-32-14-4-6-20(18-32)16-19-9-11-22(26)12-10-19/h3,7-12,17,20H,2,4-6,13-16,18H2,1H3,(H2,27,28,34)/t20-/m0/s1. The van der Waals surface area contributed by atoms with Crippen molar-refractivity contribution in [3.8, 4) is 11.4 Å². The number of anilines is 1. The van der Waals surface area contributed by atoms with Gasteiger partial charge in [-0.3, -0.25) is 0 Å². The van der Waals surface area contributed by atoms with Crippen LogP contribution in [0.25, 0.3) is 11.4 Å². The van der Waals surface area contributed by atoms with Gasteiger partial charge in [-0.25, -0.2) is 9.18 Å². The lowest BCUT2D eigenvalue weighted by atomic mass is 9.91. The Morgan fingerprint density at radius 3 is 2.85 bits per heavy atom. The number of tetrazole rings is 1. The Labute approximate surface area is 199 Å². The average molecular weight is 466 g/mol. The van der Waals surface area contributed by atoms with Gasteiger partial charge in [0.25, 0.3) is 0 Å². The van der Waals surface area contributed by atoms with Crippen molar-refractivity contribution in [3.05, 3.63) is 59.9 Å². The molecule has 2 heterocycles. The number of halogens is 1. The van der Waals surface area contributed by atoms with Gasteiger partial charge < -0.3 is 15.5 Å². The maximum atomic E-state index is 13.1. The monoisotopic (exact) mass is 465 g/mol. The van der Waals surface area contributed by atoms with Crippen molar-refractivity contribution in [2.24, 2.45) is 5.92 Å². The number of urea groups is 1. The van der Waals surface area contributed by atoms with E-state index in [4.69, 9.17) is 0 Å². The lowest BCUT2D eigenvalue weighted by Gasteiger charge is -2.32. The molecule has 1 aliphatic rings. The van der Waals surface area contributed by atoms with Gasteiger partial charge in [-0.2, -0.15) is 4.80 Å². The van der Waals surface area contributed by atoms with Crippen molar-refractivity contribution in [3.63, 3.8) is 0 Å². The fourth-order valence-electron chi connectivity index (χ4n) is 4.38. The summed E-state index contributed by atoms with van der Waals surface area (Å²) in [5, 5.41) is 18.1. The molecule has 2 aromatic carbocycles. The molecule has 4 rings (SSSR count). The summed E-state index contributed by atoms with van der Waals surface area (Å²) in [5.74, 6) is 0.942. The van der Waals surface area contributed by atoms with Crippen LogP contribution in [0, 0.1) is 11.7 Å². The van der Waals surface area contributed by atoms with Crippen LogP contribution in [0.1, 0.15) is 31.7 Å². The van der Waals surface area contributed by atoms with Crippen LogP contribution in [0.4, 0.5) is 14.9 Å². The molecule has 34 heavy (non-hydrogen) atoms. The molecule has 180 valence electrons. The van der Waals surface area contributed by atoms with Crippen molar-refractivity contribution in [2.45, 2.75) is 39.2 Å². The Balaban J connectivity index is 1.17. The van der Waals surface area contributed by atoms with Crippen molar-refractivity contribution in [1.29, 1.82) is 0 Å². The fourth-order valence-corrected chi connectivity index (χ4v) is 4.38. The lowest BCUT2D eigenvalue weighted by molar-refractivity contribution is 0.172. The molecule has 1 aliphatic heterocycles. The molecule has 8 nitrogen and oxygen atoms in total. The van der Waals surface area contributed by atoms with Gasteiger partial charge >= 0.3 is 6.03 Å². The second kappa shape index (κ2) is 11.7. The van der Waals surface area contributed by atoms with E-state index in [1.54, 1.807) is 0 Å². The fraction of sp³-hybridized carbons (Fsp3) is 0.440. The van der Waals surface area contributed by atoms with E-state index >= 15 is 0 Å². The van der Waals surface area contributed by atoms with Crippen molar-refractivity contribution in [2.75, 3.05) is 31.5 Å². The molecule has 2 amide bonds. The molecule has 0 unspecified atom stereocenters. The number of carbonyl (C=O) groups is 1. The normalized spacial score (nSPS) is 16.4. The summed E-state index contributed by atoms with van der Waals surface area (Å²) in [6.07, 6.45) is 4.26. The van der Waals surface area contributed by atoms with Gasteiger partial charge in [-0.1, -0.05) is 24.3 Å². The Morgan fingerprint density at radius 1 is 1.21 bits per heavy atom. The van der Waals surface area contributed by atoms with Gasteiger partial charge in [-0.05, 0) is 86.7 Å². The highest BCUT2D eigenvalue weighted by atomic mass is 19.1. The van der Waals surface area contributed by atoms with Gasteiger partial charge in [0.05, 0.1) is 6.54 Å². The number of piperidine rings is 1. The van der Waals surface area contributed by atoms with E-state index in [-0.39, 0.29) is 11.8 Å². The highest BCUT2D eigenvalue weighted by Crippen LogP contribution is 2.21. The first-order chi connectivity index (χ1) is 16.6. The van der Waals surface area contributed by atoms with E-state index in [2.05, 4.69) is 30.9 Å². The van der Waals surface area contributed by atoms with Crippen molar-refractivity contribution >= 4 is 11.7 Å². The number of nitrogens with one attached hydrogen (secondary N) is 2. The highest BCUT2D eigenvalue weighted by Gasteiger charge is 2.20. The number of nitrogens with zero attached hydrogens (tertiary/aromatic N) is 5. The van der Waals surface area contributed by atoms with Crippen LogP contribution in [-0.2, 0) is 13.0 Å². The van der Waals surface area contributed by atoms with E-state index in [0.717, 1.165) is 38.0 Å². The molecule has 1 atom stereocenters. The zero-order chi connectivity index (χ0) is 23.8. The molecule has 0 aliphatic carbocycles. The molecule has 0 saturated carbocycles. The number of amides is 2. The van der Waals surface area contributed by atoms with Crippen LogP contribution in [-0.4, -0.2) is 57.3 Å². The van der Waals surface area contributed by atoms with E-state index in [9.17, 15) is 9.18 Å². The number of hydrogen-bond donors (Lipinski definition) is 2. The number of likely N-dealkylation sites (tertiary alicyclic amines) is 1. The predicted molar refractivity (Wildman–Crippen MR) is 130 cm³/mol. The van der Waals surface area contributed by atoms with Crippen LogP contribution in [0.2, 0.25) is 0 Å². The Hall–Kier alpha value is -3.33. The second-order valence-electron chi connectivity index (χ2n) is 8.76. The van der Waals surface area contributed by atoms with Gasteiger partial charge in [0.15, 0.2) is 0 Å². The number of hydrogen-bond acceptors (Lipinski definition) is 5. The maximum absolute atomic E-state index is 13.1. The third-order valence-corrected chi connectivity index (χ3v) is 6.09. The number of carbonyl (C=O) groups excluding carboxylic acids is 1. The van der Waals surface area contributed by atoms with Crippen LogP contribution in [0.3, 0.4) is 0 Å². The lowest BCUT2D eigenvalue weighted by Crippen LogP contribution is -2.38. The summed E-state index contributed by atoms with van der Waals surface area (Å²) in [4.78, 5) is 16.3. The Morgan fingerprint density at radius 2 is 2.06 bits per heavy atom. The second-order valence-corrected chi connectivity index (χ2v) is 8.76. The first-order valence-corrected chi connectivity index (χ1v) is 12.0. The predicted octanol–water partition coefficient (Wildman–Crippen LogP) is 3.97. The minimum atomic E-state index is -0.227. The molecule has 1 fully saturated rings. The quantitative estimate of drug-likeness (QED) is 0.467. The van der Waals surface area contributed by atoms with Gasteiger partial charge in [0, 0.05) is 24.3 Å². The summed E-state index contributed by atoms with van der Waals surface area (Å²) in [5.41, 5.74) is 2.68. The molecular weight excluding hydrogens is 433 g/mol. The molecule has 0 bridgehead atoms. The summed E-state index contributed by atoms with van der Waals surface area (Å²) in [7, 11) is 0. The van der Waals surface area contributed by atoms with Crippen molar-refractivity contribution in [1.82, 2.24) is 30.4 Å². The molecule has 1 saturated heterocycles. The van der Waals surface area contributed by atoms with Crippen LogP contribution in [0.5, 0.6) is 0 Å². The number of aryl methyl sites for hydroxylation is 1. The maximum Gasteiger partial charge on any atom is 0.319 e. The van der Waals surface area contributed by atoms with Gasteiger partial charge in [0.2, 0.25) is 5.82 Å². The van der Waals surface area contributed by atoms with Crippen LogP contribution >= 0.6 is 0 Å². The smallest absolute Gasteiger partial charge is 0.319 e. The molecule has 3 aromatic rings. The first kappa shape index (κ1) is 23.8. The molecular formula is C25H32FN7O. The Kier molecular flexibility index (Phi) is 8.19. The minimum Gasteiger partial charge on any atom is -0.338 e. The summed E-state index contributed by atoms with van der Waals surface area (Å²) in [6.45, 7) is 6.30. The number of benzene rings is 2. The van der Waals surface area contributed by atoms with Crippen molar-refractivity contribution < 1.29 is 9.18 Å². The summed E-state index contributed by atoms with van der Waals surface area (Å²) < 4.78 is 13.1. The molecule has 9 heteroatoms. The van der Waals surface area contributed by atoms with Crippen LogP contribution < -0.4 is 10.6 Å². The molecule has 0 radical (unpaired) electrons. The zero-order valence-corrected chi connectivity index (χ0v) is 19.6. The topological polar surface area (TPSA) is 88.0 Å². The summed E-state index contributed by atoms with van der Waals surface area (Å²) in [6, 6.07) is 14.0. The van der Waals surface area contributed by atoms with E-state index < -0.39 is 0 Å². The minimum absolute atomic E-state index is 0.184. The molecule has 0 spiro atoms. The van der Waals surface area contributed by atoms with Gasteiger partial charge in [0.1, 0.15) is 5.82 Å². The van der Waals surface area contributed by atoms with E-state index in [1.807, 2.05) is 43.3 Å². The average Bonchev–Trinajstić information content (AvgIpc) is 3.33. The highest BCUT2D eigenvalue weighted by molar-refractivity contribution is 5.89. The van der Waals surface area contributed by atoms with E-state index in [1.165, 1.54) is 35.3 Å². The Bertz CT molecular complexity index is 1070. The SMILES string of the molecule is CCn1nnc(-c2cccc(NC(=O)NCCCN3CCC[C@@H](Cc4ccc(F)cc4)C3)c2)n1. The molecule has 1 aromatic heterocycles. The third-order valence-electron chi connectivity index (χ3n) is 6.09. The van der Waals surface area contributed by atoms with Crippen LogP contribution in [0.15, 0.2) is 48.5 Å². The van der Waals surface area contributed by atoms with Gasteiger partial charge in [-0.15, -0.1) is 10.2 Å². The zero-order valence-electron chi connectivity index (χ0n) is 19.6. The number of rotatable bonds is 9. The molecule has 2 N–H and O–H groups in total. The van der Waals surface area contributed by atoms with E-state index in [0.29, 0.717) is 30.5 Å². The first-order valence-electron chi connectivity index (χ1n) is 12.0. The third kappa shape index (κ3) is 6.84. The largest absolute Gasteiger partial charge is 0.338 e.